The van der Waals surface area contributed by atoms with Crippen molar-refractivity contribution in [3.05, 3.63) is 65.5 Å². The van der Waals surface area contributed by atoms with E-state index in [0.29, 0.717) is 17.0 Å². The van der Waals surface area contributed by atoms with Crippen molar-refractivity contribution in [2.75, 3.05) is 13.7 Å². The molecule has 1 aromatic heterocycles. The third kappa shape index (κ3) is 5.84. The summed E-state index contributed by atoms with van der Waals surface area (Å²) in [7, 11) is 1.57. The highest BCUT2D eigenvalue weighted by Gasteiger charge is 2.38. The summed E-state index contributed by atoms with van der Waals surface area (Å²) in [6, 6.07) is 13.1. The zero-order chi connectivity index (χ0) is 23.1. The van der Waals surface area contributed by atoms with E-state index in [4.69, 9.17) is 9.57 Å². The fourth-order valence-corrected chi connectivity index (χ4v) is 2.60. The summed E-state index contributed by atoms with van der Waals surface area (Å²) in [6.07, 6.45) is -4.72. The van der Waals surface area contributed by atoms with Gasteiger partial charge in [0, 0.05) is 16.7 Å². The highest BCUT2D eigenvalue weighted by molar-refractivity contribution is 5.97. The third-order valence-corrected chi connectivity index (χ3v) is 4.21. The van der Waals surface area contributed by atoms with E-state index in [-0.39, 0.29) is 30.4 Å². The molecule has 1 amide bonds. The lowest BCUT2D eigenvalue weighted by Crippen LogP contribution is -2.28. The number of hydrogen-bond donors (Lipinski definition) is 1. The number of para-hydroxylation sites is 1. The zero-order valence-corrected chi connectivity index (χ0v) is 17.1. The molecule has 3 rings (SSSR count). The second kappa shape index (κ2) is 9.94. The molecule has 11 heteroatoms. The van der Waals surface area contributed by atoms with Gasteiger partial charge in [-0.05, 0) is 25.1 Å². The molecule has 168 valence electrons. The molecule has 3 aromatic rings. The minimum atomic E-state index is -4.72. The van der Waals surface area contributed by atoms with E-state index in [1.807, 2.05) is 24.3 Å². The van der Waals surface area contributed by atoms with Crippen LogP contribution in [-0.2, 0) is 17.6 Å². The summed E-state index contributed by atoms with van der Waals surface area (Å²) >= 11 is 0. The predicted molar refractivity (Wildman–Crippen MR) is 108 cm³/mol. The van der Waals surface area contributed by atoms with Crippen molar-refractivity contribution < 1.29 is 32.1 Å². The molecule has 0 aliphatic heterocycles. The minimum absolute atomic E-state index is 0.145. The number of carbonyl (C=O) groups excluding carboxylic acids is 1. The number of nitrogens with one attached hydrogen (secondary N) is 1. The van der Waals surface area contributed by atoms with Gasteiger partial charge in [0.05, 0.1) is 19.4 Å². The number of benzene rings is 2. The maximum absolute atomic E-state index is 12.6. The Morgan fingerprint density at radius 2 is 1.88 bits per heavy atom. The fraction of sp³-hybridized carbons (Fsp3) is 0.238. The minimum Gasteiger partial charge on any atom is -0.496 e. The van der Waals surface area contributed by atoms with E-state index in [9.17, 15) is 18.0 Å². The van der Waals surface area contributed by atoms with E-state index in [2.05, 4.69) is 25.1 Å². The molecule has 0 atom stereocenters. The SMILES string of the molecule is COc1ccccc1CON=C(C)CNC(=O)c1ccc(-c2noc(C(F)(F)F)n2)cc1. The number of oxime groups is 1. The number of hydrogen-bond acceptors (Lipinski definition) is 7. The lowest BCUT2D eigenvalue weighted by molar-refractivity contribution is -0.159. The summed E-state index contributed by atoms with van der Waals surface area (Å²) in [5.41, 5.74) is 1.95. The average Bonchev–Trinajstić information content (AvgIpc) is 3.29. The number of amides is 1. The van der Waals surface area contributed by atoms with Crippen LogP contribution in [0.1, 0.15) is 28.7 Å². The monoisotopic (exact) mass is 448 g/mol. The second-order valence-electron chi connectivity index (χ2n) is 6.59. The van der Waals surface area contributed by atoms with Gasteiger partial charge in [-0.1, -0.05) is 40.6 Å². The van der Waals surface area contributed by atoms with Gasteiger partial charge >= 0.3 is 12.1 Å². The molecule has 8 nitrogen and oxygen atoms in total. The second-order valence-corrected chi connectivity index (χ2v) is 6.59. The smallest absolute Gasteiger partial charge is 0.471 e. The van der Waals surface area contributed by atoms with Crippen LogP contribution in [0.2, 0.25) is 0 Å². The van der Waals surface area contributed by atoms with Crippen LogP contribution in [0.25, 0.3) is 11.4 Å². The van der Waals surface area contributed by atoms with Crippen molar-refractivity contribution in [3.63, 3.8) is 0 Å². The average molecular weight is 448 g/mol. The first kappa shape index (κ1) is 22.8. The van der Waals surface area contributed by atoms with Crippen LogP contribution in [0, 0.1) is 0 Å². The standard InChI is InChI=1S/C21H19F3N4O4/c1-13(27-31-12-16-5-3-4-6-17(16)30-2)11-25-19(29)15-9-7-14(8-10-15)18-26-20(32-28-18)21(22,23)24/h3-10H,11-12H2,1-2H3,(H,25,29). The van der Waals surface area contributed by atoms with Crippen molar-refractivity contribution in [1.82, 2.24) is 15.5 Å². The van der Waals surface area contributed by atoms with Gasteiger partial charge in [-0.25, -0.2) is 0 Å². The molecule has 0 radical (unpaired) electrons. The molecule has 0 spiro atoms. The number of aromatic nitrogens is 2. The molecule has 32 heavy (non-hydrogen) atoms. The molecule has 2 aromatic carbocycles. The van der Waals surface area contributed by atoms with Gasteiger partial charge < -0.3 is 19.4 Å². The normalized spacial score (nSPS) is 11.8. The highest BCUT2D eigenvalue weighted by Crippen LogP contribution is 2.29. The fourth-order valence-electron chi connectivity index (χ4n) is 2.60. The number of nitrogens with zero attached hydrogens (tertiary/aromatic N) is 3. The third-order valence-electron chi connectivity index (χ3n) is 4.21. The van der Waals surface area contributed by atoms with Gasteiger partial charge in [0.1, 0.15) is 12.4 Å². The van der Waals surface area contributed by atoms with Crippen LogP contribution in [0.15, 0.2) is 58.2 Å². The van der Waals surface area contributed by atoms with Crippen molar-refractivity contribution in [2.45, 2.75) is 19.7 Å². The molecule has 0 fully saturated rings. The van der Waals surface area contributed by atoms with Crippen LogP contribution >= 0.6 is 0 Å². The van der Waals surface area contributed by atoms with Crippen LogP contribution in [0.3, 0.4) is 0 Å². The van der Waals surface area contributed by atoms with Gasteiger partial charge in [-0.2, -0.15) is 18.2 Å². The summed E-state index contributed by atoms with van der Waals surface area (Å²) in [5, 5.41) is 9.95. The van der Waals surface area contributed by atoms with Gasteiger partial charge in [0.15, 0.2) is 0 Å². The Bertz CT molecular complexity index is 1090. The molecule has 0 saturated carbocycles. The molecule has 0 saturated heterocycles. The van der Waals surface area contributed by atoms with E-state index in [0.717, 1.165) is 5.56 Å². The lowest BCUT2D eigenvalue weighted by atomic mass is 10.1. The van der Waals surface area contributed by atoms with Crippen molar-refractivity contribution in [1.29, 1.82) is 0 Å². The lowest BCUT2D eigenvalue weighted by Gasteiger charge is -2.08. The van der Waals surface area contributed by atoms with Gasteiger partial charge in [-0.3, -0.25) is 4.79 Å². The quantitative estimate of drug-likeness (QED) is 0.412. The summed E-state index contributed by atoms with van der Waals surface area (Å²) in [6.45, 7) is 2.05. The van der Waals surface area contributed by atoms with Gasteiger partial charge in [0.2, 0.25) is 5.82 Å². The van der Waals surface area contributed by atoms with Gasteiger partial charge in [0.25, 0.3) is 5.91 Å². The number of alkyl halides is 3. The Labute approximate surface area is 181 Å². The predicted octanol–water partition coefficient (Wildman–Crippen LogP) is 4.09. The van der Waals surface area contributed by atoms with Crippen LogP contribution < -0.4 is 10.1 Å². The number of ether oxygens (including phenoxy) is 1. The van der Waals surface area contributed by atoms with Crippen LogP contribution in [-0.4, -0.2) is 35.4 Å². The molecule has 0 aliphatic rings. The summed E-state index contributed by atoms with van der Waals surface area (Å²) in [4.78, 5) is 20.9. The first-order valence-electron chi connectivity index (χ1n) is 9.35. The molecular weight excluding hydrogens is 429 g/mol. The summed E-state index contributed by atoms with van der Waals surface area (Å²) < 4.78 is 47.1. The molecule has 0 aliphatic carbocycles. The number of methoxy groups -OCH3 is 1. The molecular formula is C21H19F3N4O4. The molecule has 1 N–H and O–H groups in total. The summed E-state index contributed by atoms with van der Waals surface area (Å²) in [5.74, 6) is -1.36. The first-order valence-corrected chi connectivity index (χ1v) is 9.35. The topological polar surface area (TPSA) is 98.8 Å². The zero-order valence-electron chi connectivity index (χ0n) is 17.1. The van der Waals surface area contributed by atoms with E-state index in [1.54, 1.807) is 14.0 Å². The Balaban J connectivity index is 1.52. The molecule has 0 unspecified atom stereocenters. The maximum Gasteiger partial charge on any atom is 0.471 e. The van der Waals surface area contributed by atoms with E-state index >= 15 is 0 Å². The van der Waals surface area contributed by atoms with Crippen molar-refractivity contribution in [3.8, 4) is 17.1 Å². The molecule has 0 bridgehead atoms. The van der Waals surface area contributed by atoms with Crippen LogP contribution in [0.4, 0.5) is 13.2 Å². The van der Waals surface area contributed by atoms with Gasteiger partial charge in [-0.15, -0.1) is 0 Å². The number of halogens is 3. The largest absolute Gasteiger partial charge is 0.496 e. The van der Waals surface area contributed by atoms with Crippen molar-refractivity contribution in [2.24, 2.45) is 5.16 Å². The van der Waals surface area contributed by atoms with E-state index < -0.39 is 12.1 Å². The first-order chi connectivity index (χ1) is 15.3. The Hall–Kier alpha value is -3.89. The Morgan fingerprint density at radius 3 is 2.53 bits per heavy atom. The number of rotatable bonds is 8. The Kier molecular flexibility index (Phi) is 7.08. The maximum atomic E-state index is 12.6. The van der Waals surface area contributed by atoms with E-state index in [1.165, 1.54) is 24.3 Å². The number of carbonyl (C=O) groups is 1. The van der Waals surface area contributed by atoms with Crippen molar-refractivity contribution >= 4 is 11.6 Å². The molecule has 1 heterocycles. The highest BCUT2D eigenvalue weighted by atomic mass is 19.4. The Morgan fingerprint density at radius 1 is 1.16 bits per heavy atom. The van der Waals surface area contributed by atoms with Crippen LogP contribution in [0.5, 0.6) is 5.75 Å².